The van der Waals surface area contributed by atoms with Gasteiger partial charge in [0.2, 0.25) is 0 Å². The summed E-state index contributed by atoms with van der Waals surface area (Å²) in [5, 5.41) is 3.16. The number of para-hydroxylation sites is 1. The molecule has 1 aromatic carbocycles. The van der Waals surface area contributed by atoms with Crippen LogP contribution in [-0.2, 0) is 0 Å². The Balaban J connectivity index is 1.81. The maximum absolute atomic E-state index is 13.7. The molecule has 1 N–H and O–H groups in total. The minimum atomic E-state index is -0.110. The second kappa shape index (κ2) is 6.71. The molecule has 1 fully saturated rings. The number of nitrogens with one attached hydrogen (secondary N) is 1. The van der Waals surface area contributed by atoms with Gasteiger partial charge >= 0.3 is 0 Å². The Morgan fingerprint density at radius 2 is 1.89 bits per heavy atom. The SMILES string of the molecule is CNCCCN1CCN(c2ccccc2F)CC1. The highest BCUT2D eigenvalue weighted by atomic mass is 19.1. The third-order valence-electron chi connectivity index (χ3n) is 3.47. The Hall–Kier alpha value is -1.13. The zero-order valence-corrected chi connectivity index (χ0v) is 11.0. The maximum Gasteiger partial charge on any atom is 0.146 e. The lowest BCUT2D eigenvalue weighted by Gasteiger charge is -2.36. The van der Waals surface area contributed by atoms with E-state index < -0.39 is 0 Å². The van der Waals surface area contributed by atoms with Crippen LogP contribution >= 0.6 is 0 Å². The van der Waals surface area contributed by atoms with Gasteiger partial charge in [-0.05, 0) is 38.7 Å². The summed E-state index contributed by atoms with van der Waals surface area (Å²) in [4.78, 5) is 4.60. The van der Waals surface area contributed by atoms with Crippen LogP contribution in [0.25, 0.3) is 0 Å². The summed E-state index contributed by atoms with van der Waals surface area (Å²) in [6.45, 7) is 6.08. The van der Waals surface area contributed by atoms with Crippen molar-refractivity contribution in [3.05, 3.63) is 30.1 Å². The van der Waals surface area contributed by atoms with Crippen molar-refractivity contribution in [2.45, 2.75) is 6.42 Å². The van der Waals surface area contributed by atoms with E-state index in [-0.39, 0.29) is 5.82 Å². The lowest BCUT2D eigenvalue weighted by Crippen LogP contribution is -2.47. The molecule has 0 spiro atoms. The van der Waals surface area contributed by atoms with Crippen molar-refractivity contribution >= 4 is 5.69 Å². The van der Waals surface area contributed by atoms with Crippen LogP contribution in [0.5, 0.6) is 0 Å². The maximum atomic E-state index is 13.7. The van der Waals surface area contributed by atoms with Crippen LogP contribution in [0.1, 0.15) is 6.42 Å². The second-order valence-electron chi connectivity index (χ2n) is 4.74. The number of hydrogen-bond donors (Lipinski definition) is 1. The van der Waals surface area contributed by atoms with E-state index in [0.29, 0.717) is 0 Å². The number of hydrogen-bond acceptors (Lipinski definition) is 3. The van der Waals surface area contributed by atoms with Gasteiger partial charge in [-0.15, -0.1) is 0 Å². The number of anilines is 1. The predicted molar refractivity (Wildman–Crippen MR) is 73.6 cm³/mol. The Bertz CT molecular complexity index is 362. The van der Waals surface area contributed by atoms with Crippen molar-refractivity contribution in [1.82, 2.24) is 10.2 Å². The van der Waals surface area contributed by atoms with E-state index in [2.05, 4.69) is 15.1 Å². The lowest BCUT2D eigenvalue weighted by molar-refractivity contribution is 0.254. The summed E-state index contributed by atoms with van der Waals surface area (Å²) in [5.41, 5.74) is 0.743. The monoisotopic (exact) mass is 251 g/mol. The second-order valence-corrected chi connectivity index (χ2v) is 4.74. The van der Waals surface area contributed by atoms with Crippen LogP contribution in [0.15, 0.2) is 24.3 Å². The third kappa shape index (κ3) is 3.43. The first-order valence-corrected chi connectivity index (χ1v) is 6.67. The zero-order chi connectivity index (χ0) is 12.8. The fourth-order valence-electron chi connectivity index (χ4n) is 2.40. The highest BCUT2D eigenvalue weighted by Gasteiger charge is 2.18. The normalized spacial score (nSPS) is 17.1. The average Bonchev–Trinajstić information content (AvgIpc) is 2.41. The molecule has 0 bridgehead atoms. The van der Waals surface area contributed by atoms with Crippen molar-refractivity contribution in [3.8, 4) is 0 Å². The van der Waals surface area contributed by atoms with Gasteiger partial charge in [-0.1, -0.05) is 12.1 Å². The number of halogens is 1. The molecule has 18 heavy (non-hydrogen) atoms. The Morgan fingerprint density at radius 1 is 1.17 bits per heavy atom. The molecule has 1 heterocycles. The molecule has 3 nitrogen and oxygen atoms in total. The molecule has 0 unspecified atom stereocenters. The standard InChI is InChI=1S/C14H22FN3/c1-16-7-4-8-17-9-11-18(12-10-17)14-6-3-2-5-13(14)15/h2-3,5-6,16H,4,7-12H2,1H3. The molecule has 1 saturated heterocycles. The Morgan fingerprint density at radius 3 is 2.56 bits per heavy atom. The molecule has 1 aromatic rings. The molecule has 1 aliphatic heterocycles. The van der Waals surface area contributed by atoms with Crippen molar-refractivity contribution in [3.63, 3.8) is 0 Å². The van der Waals surface area contributed by atoms with Crippen LogP contribution in [-0.4, -0.2) is 51.2 Å². The average molecular weight is 251 g/mol. The summed E-state index contributed by atoms with van der Waals surface area (Å²) in [5.74, 6) is -0.110. The van der Waals surface area contributed by atoms with Gasteiger partial charge in [0.15, 0.2) is 0 Å². The lowest BCUT2D eigenvalue weighted by atomic mass is 10.2. The highest BCUT2D eigenvalue weighted by molar-refractivity contribution is 5.47. The highest BCUT2D eigenvalue weighted by Crippen LogP contribution is 2.19. The minimum Gasteiger partial charge on any atom is -0.367 e. The number of nitrogens with zero attached hydrogens (tertiary/aromatic N) is 2. The third-order valence-corrected chi connectivity index (χ3v) is 3.47. The molecule has 100 valence electrons. The van der Waals surface area contributed by atoms with Gasteiger partial charge in [0.05, 0.1) is 5.69 Å². The summed E-state index contributed by atoms with van der Waals surface area (Å²) in [6.07, 6.45) is 1.18. The molecule has 0 radical (unpaired) electrons. The molecular weight excluding hydrogens is 229 g/mol. The van der Waals surface area contributed by atoms with Gasteiger partial charge in [0.1, 0.15) is 5.82 Å². The summed E-state index contributed by atoms with van der Waals surface area (Å²) in [7, 11) is 1.98. The molecule has 0 atom stereocenters. The smallest absolute Gasteiger partial charge is 0.146 e. The van der Waals surface area contributed by atoms with E-state index in [1.165, 1.54) is 12.5 Å². The number of piperazine rings is 1. The zero-order valence-electron chi connectivity index (χ0n) is 11.0. The van der Waals surface area contributed by atoms with Gasteiger partial charge in [0.25, 0.3) is 0 Å². The predicted octanol–water partition coefficient (Wildman–Crippen LogP) is 1.56. The van der Waals surface area contributed by atoms with E-state index in [1.54, 1.807) is 6.07 Å². The fourth-order valence-corrected chi connectivity index (χ4v) is 2.40. The van der Waals surface area contributed by atoms with Gasteiger partial charge in [-0.2, -0.15) is 0 Å². The Kier molecular flexibility index (Phi) is 4.96. The first-order valence-electron chi connectivity index (χ1n) is 6.67. The van der Waals surface area contributed by atoms with Crippen LogP contribution in [0, 0.1) is 5.82 Å². The molecule has 4 heteroatoms. The summed E-state index contributed by atoms with van der Waals surface area (Å²) < 4.78 is 13.7. The van der Waals surface area contributed by atoms with Gasteiger partial charge < -0.3 is 10.2 Å². The molecule has 0 saturated carbocycles. The largest absolute Gasteiger partial charge is 0.367 e. The van der Waals surface area contributed by atoms with E-state index >= 15 is 0 Å². The van der Waals surface area contributed by atoms with Crippen molar-refractivity contribution < 1.29 is 4.39 Å². The van der Waals surface area contributed by atoms with Gasteiger partial charge in [0, 0.05) is 26.2 Å². The van der Waals surface area contributed by atoms with Crippen molar-refractivity contribution in [1.29, 1.82) is 0 Å². The minimum absolute atomic E-state index is 0.110. The van der Waals surface area contributed by atoms with Crippen LogP contribution in [0.2, 0.25) is 0 Å². The fraction of sp³-hybridized carbons (Fsp3) is 0.571. The van der Waals surface area contributed by atoms with E-state index in [0.717, 1.165) is 45.0 Å². The van der Waals surface area contributed by atoms with E-state index in [9.17, 15) is 4.39 Å². The molecule has 0 aliphatic carbocycles. The first-order chi connectivity index (χ1) is 8.81. The topological polar surface area (TPSA) is 18.5 Å². The quantitative estimate of drug-likeness (QED) is 0.801. The van der Waals surface area contributed by atoms with Crippen molar-refractivity contribution in [2.75, 3.05) is 51.2 Å². The van der Waals surface area contributed by atoms with Crippen molar-refractivity contribution in [2.24, 2.45) is 0 Å². The van der Waals surface area contributed by atoms with E-state index in [4.69, 9.17) is 0 Å². The van der Waals surface area contributed by atoms with Gasteiger partial charge in [-0.25, -0.2) is 4.39 Å². The molecule has 1 aliphatic rings. The molecule has 0 aromatic heterocycles. The number of benzene rings is 1. The van der Waals surface area contributed by atoms with Gasteiger partial charge in [-0.3, -0.25) is 4.90 Å². The molecular formula is C14H22FN3. The Labute approximate surface area is 109 Å². The summed E-state index contributed by atoms with van der Waals surface area (Å²) >= 11 is 0. The van der Waals surface area contributed by atoms with E-state index in [1.807, 2.05) is 19.2 Å². The number of rotatable bonds is 5. The first kappa shape index (κ1) is 13.3. The summed E-state index contributed by atoms with van der Waals surface area (Å²) in [6, 6.07) is 7.05. The molecule has 2 rings (SSSR count). The van der Waals surface area contributed by atoms with Crippen LogP contribution in [0.4, 0.5) is 10.1 Å². The molecule has 0 amide bonds. The van der Waals surface area contributed by atoms with Crippen LogP contribution in [0.3, 0.4) is 0 Å². The van der Waals surface area contributed by atoms with Crippen LogP contribution < -0.4 is 10.2 Å².